The van der Waals surface area contributed by atoms with E-state index < -0.39 is 0 Å². The number of hydrogen-bond acceptors (Lipinski definition) is 5. The Bertz CT molecular complexity index is 579. The molecule has 0 amide bonds. The molecule has 7 nitrogen and oxygen atoms in total. The molecular weight excluding hydrogens is 246 g/mol. The van der Waals surface area contributed by atoms with Gasteiger partial charge in [0.05, 0.1) is 31.7 Å². The van der Waals surface area contributed by atoms with Gasteiger partial charge in [-0.05, 0) is 6.07 Å². The van der Waals surface area contributed by atoms with Crippen molar-refractivity contribution in [2.45, 2.75) is 6.54 Å². The third-order valence-electron chi connectivity index (χ3n) is 2.51. The second-order valence-corrected chi connectivity index (χ2v) is 3.78. The Kier molecular flexibility index (Phi) is 3.99. The number of benzene rings is 1. The molecule has 1 heterocycles. The molecule has 19 heavy (non-hydrogen) atoms. The van der Waals surface area contributed by atoms with Crippen molar-refractivity contribution >= 4 is 11.6 Å². The van der Waals surface area contributed by atoms with Crippen molar-refractivity contribution in [1.29, 1.82) is 0 Å². The molecule has 0 fully saturated rings. The Hall–Kier alpha value is -2.54. The second-order valence-electron chi connectivity index (χ2n) is 3.78. The molecule has 0 aliphatic heterocycles. The lowest BCUT2D eigenvalue weighted by molar-refractivity contribution is 0.228. The maximum Gasteiger partial charge on any atom is 0.243 e. The van der Waals surface area contributed by atoms with Crippen molar-refractivity contribution in [1.82, 2.24) is 15.3 Å². The topological polar surface area (TPSA) is 97.7 Å². The molecule has 4 N–H and O–H groups in total. The Morgan fingerprint density at radius 3 is 2.95 bits per heavy atom. The van der Waals surface area contributed by atoms with Crippen LogP contribution in [0.5, 0.6) is 5.75 Å². The molecule has 0 bridgehead atoms. The Balaban J connectivity index is 2.20. The summed E-state index contributed by atoms with van der Waals surface area (Å²) in [7, 11) is 1.60. The number of anilines is 1. The number of rotatable bonds is 3. The predicted octanol–water partition coefficient (Wildman–Crippen LogP) is 0.857. The molecular formula is C12H15N5O2. The Labute approximate surface area is 110 Å². The number of aliphatic imine (C=N–C) groups is 1. The van der Waals surface area contributed by atoms with Gasteiger partial charge < -0.3 is 10.5 Å². The van der Waals surface area contributed by atoms with E-state index in [1.807, 2.05) is 29.7 Å². The first-order chi connectivity index (χ1) is 9.24. The number of methoxy groups -OCH3 is 1. The van der Waals surface area contributed by atoms with E-state index in [4.69, 9.17) is 15.7 Å². The lowest BCUT2D eigenvalue weighted by atomic mass is 10.2. The molecule has 0 unspecified atom stereocenters. The van der Waals surface area contributed by atoms with Crippen molar-refractivity contribution in [2.75, 3.05) is 12.8 Å². The molecule has 2 aromatic rings. The van der Waals surface area contributed by atoms with Gasteiger partial charge in [0.15, 0.2) is 0 Å². The highest BCUT2D eigenvalue weighted by atomic mass is 16.5. The number of para-hydroxylation sites is 1. The third-order valence-corrected chi connectivity index (χ3v) is 2.51. The standard InChI is InChI=1S/C12H15N5O2/c1-19-11-5-3-2-4-9(11)6-14-12(16-18)17-8-10(13)7-15-17/h2-5,7-8,18H,6,13H2,1H3,(H,14,16). The summed E-state index contributed by atoms with van der Waals surface area (Å²) in [6.45, 7) is 0.340. The lowest BCUT2D eigenvalue weighted by Crippen LogP contribution is -2.28. The van der Waals surface area contributed by atoms with E-state index in [1.165, 1.54) is 10.9 Å². The Morgan fingerprint density at radius 2 is 2.32 bits per heavy atom. The van der Waals surface area contributed by atoms with Gasteiger partial charge in [-0.3, -0.25) is 5.21 Å². The molecule has 0 aliphatic carbocycles. The zero-order valence-electron chi connectivity index (χ0n) is 10.4. The molecule has 0 spiro atoms. The third kappa shape index (κ3) is 3.02. The van der Waals surface area contributed by atoms with Crippen molar-refractivity contribution in [2.24, 2.45) is 4.99 Å². The normalized spacial score (nSPS) is 11.4. The first-order valence-electron chi connectivity index (χ1n) is 5.61. The van der Waals surface area contributed by atoms with Crippen LogP contribution in [0.25, 0.3) is 0 Å². The number of nitrogens with one attached hydrogen (secondary N) is 1. The van der Waals surface area contributed by atoms with Crippen LogP contribution < -0.4 is 16.0 Å². The lowest BCUT2D eigenvalue weighted by Gasteiger charge is -2.07. The highest BCUT2D eigenvalue weighted by molar-refractivity contribution is 5.80. The van der Waals surface area contributed by atoms with Gasteiger partial charge in [0.1, 0.15) is 5.75 Å². The summed E-state index contributed by atoms with van der Waals surface area (Å²) in [6, 6.07) is 7.52. The summed E-state index contributed by atoms with van der Waals surface area (Å²) < 4.78 is 6.58. The number of ether oxygens (including phenoxy) is 1. The van der Waals surface area contributed by atoms with Gasteiger partial charge in [-0.25, -0.2) is 15.2 Å². The highest BCUT2D eigenvalue weighted by Gasteiger charge is 2.05. The number of hydroxylamine groups is 1. The number of nitrogens with zero attached hydrogens (tertiary/aromatic N) is 3. The van der Waals surface area contributed by atoms with E-state index in [0.29, 0.717) is 12.2 Å². The minimum absolute atomic E-state index is 0.183. The smallest absolute Gasteiger partial charge is 0.243 e. The van der Waals surface area contributed by atoms with Crippen LogP contribution in [0.4, 0.5) is 5.69 Å². The van der Waals surface area contributed by atoms with Crippen LogP contribution in [0.2, 0.25) is 0 Å². The SMILES string of the molecule is COc1ccccc1CN=C(NO)n1cc(N)cn1. The zero-order valence-corrected chi connectivity index (χ0v) is 10.4. The molecule has 1 aromatic heterocycles. The largest absolute Gasteiger partial charge is 0.496 e. The number of hydrogen-bond donors (Lipinski definition) is 3. The van der Waals surface area contributed by atoms with Crippen LogP contribution in [-0.2, 0) is 6.54 Å². The molecule has 0 radical (unpaired) electrons. The van der Waals surface area contributed by atoms with Gasteiger partial charge in [0, 0.05) is 5.56 Å². The van der Waals surface area contributed by atoms with Gasteiger partial charge in [-0.15, -0.1) is 0 Å². The van der Waals surface area contributed by atoms with Crippen LogP contribution in [0.3, 0.4) is 0 Å². The summed E-state index contributed by atoms with van der Waals surface area (Å²) in [5.41, 5.74) is 8.94. The molecule has 0 saturated heterocycles. The molecule has 0 aliphatic rings. The molecule has 2 rings (SSSR count). The average molecular weight is 261 g/mol. The van der Waals surface area contributed by atoms with Crippen LogP contribution in [0.1, 0.15) is 5.56 Å². The summed E-state index contributed by atoms with van der Waals surface area (Å²) >= 11 is 0. The number of nitrogen functional groups attached to an aromatic ring is 1. The molecule has 100 valence electrons. The quantitative estimate of drug-likeness (QED) is 0.432. The average Bonchev–Trinajstić information content (AvgIpc) is 2.86. The fourth-order valence-electron chi connectivity index (χ4n) is 1.61. The van der Waals surface area contributed by atoms with Crippen LogP contribution >= 0.6 is 0 Å². The van der Waals surface area contributed by atoms with E-state index in [9.17, 15) is 0 Å². The van der Waals surface area contributed by atoms with Gasteiger partial charge in [0.25, 0.3) is 0 Å². The summed E-state index contributed by atoms with van der Waals surface area (Å²) in [5.74, 6) is 0.922. The van der Waals surface area contributed by atoms with Crippen molar-refractivity contribution in [3.63, 3.8) is 0 Å². The predicted molar refractivity (Wildman–Crippen MR) is 71.1 cm³/mol. The van der Waals surface area contributed by atoms with E-state index in [2.05, 4.69) is 10.1 Å². The fraction of sp³-hybridized carbons (Fsp3) is 0.167. The second kappa shape index (κ2) is 5.87. The Morgan fingerprint density at radius 1 is 1.53 bits per heavy atom. The van der Waals surface area contributed by atoms with Crippen LogP contribution in [0, 0.1) is 0 Å². The van der Waals surface area contributed by atoms with Crippen molar-refractivity contribution in [3.8, 4) is 5.75 Å². The van der Waals surface area contributed by atoms with Gasteiger partial charge >= 0.3 is 0 Å². The molecule has 0 saturated carbocycles. The minimum atomic E-state index is 0.183. The van der Waals surface area contributed by atoms with Gasteiger partial charge in [0.2, 0.25) is 5.96 Å². The minimum Gasteiger partial charge on any atom is -0.496 e. The highest BCUT2D eigenvalue weighted by Crippen LogP contribution is 2.17. The first-order valence-corrected chi connectivity index (χ1v) is 5.61. The van der Waals surface area contributed by atoms with Crippen molar-refractivity contribution in [3.05, 3.63) is 42.2 Å². The van der Waals surface area contributed by atoms with E-state index in [0.717, 1.165) is 11.3 Å². The molecule has 1 aromatic carbocycles. The monoisotopic (exact) mass is 261 g/mol. The summed E-state index contributed by atoms with van der Waals surface area (Å²) in [5, 5.41) is 13.0. The summed E-state index contributed by atoms with van der Waals surface area (Å²) in [6.07, 6.45) is 3.01. The van der Waals surface area contributed by atoms with E-state index >= 15 is 0 Å². The van der Waals surface area contributed by atoms with Crippen molar-refractivity contribution < 1.29 is 9.94 Å². The van der Waals surface area contributed by atoms with Crippen LogP contribution in [0.15, 0.2) is 41.7 Å². The summed E-state index contributed by atoms with van der Waals surface area (Å²) in [4.78, 5) is 4.23. The fourth-order valence-corrected chi connectivity index (χ4v) is 1.61. The number of aromatic nitrogens is 2. The maximum absolute atomic E-state index is 9.08. The van der Waals surface area contributed by atoms with Gasteiger partial charge in [-0.1, -0.05) is 18.2 Å². The number of nitrogens with two attached hydrogens (primary N) is 1. The molecule has 0 atom stereocenters. The van der Waals surface area contributed by atoms with E-state index in [-0.39, 0.29) is 5.96 Å². The maximum atomic E-state index is 9.08. The first kappa shape index (κ1) is 12.9. The zero-order chi connectivity index (χ0) is 13.7. The molecule has 7 heteroatoms. The van der Waals surface area contributed by atoms with E-state index in [1.54, 1.807) is 13.3 Å². The van der Waals surface area contributed by atoms with Gasteiger partial charge in [-0.2, -0.15) is 5.10 Å². The van der Waals surface area contributed by atoms with Crippen LogP contribution in [-0.4, -0.2) is 28.1 Å².